The molecule has 1 aliphatic heterocycles. The van der Waals surface area contributed by atoms with E-state index in [9.17, 15) is 33.3 Å². The van der Waals surface area contributed by atoms with Crippen molar-refractivity contribution < 1.29 is 42.4 Å². The first-order valence-electron chi connectivity index (χ1n) is 14.5. The number of thioether (sulfide) groups is 1. The molecule has 0 spiro atoms. The fraction of sp³-hybridized carbons (Fsp3) is 0.323. The van der Waals surface area contributed by atoms with Gasteiger partial charge in [0.05, 0.1) is 31.2 Å². The molecule has 47 heavy (non-hydrogen) atoms. The largest absolute Gasteiger partial charge is 0.529 e. The predicted molar refractivity (Wildman–Crippen MR) is 172 cm³/mol. The molecule has 1 saturated heterocycles. The van der Waals surface area contributed by atoms with Gasteiger partial charge in [-0.05, 0) is 35.4 Å². The summed E-state index contributed by atoms with van der Waals surface area (Å²) in [5.41, 5.74) is -0.823. The van der Waals surface area contributed by atoms with E-state index in [1.807, 2.05) is 73.0 Å². The van der Waals surface area contributed by atoms with Crippen molar-refractivity contribution in [2.75, 3.05) is 23.7 Å². The monoisotopic (exact) mass is 689 g/mol. The second kappa shape index (κ2) is 15.4. The van der Waals surface area contributed by atoms with Gasteiger partial charge in [-0.3, -0.25) is 28.6 Å². The summed E-state index contributed by atoms with van der Waals surface area (Å²) in [6, 6.07) is 21.1. The number of aromatic amines is 1. The number of phosphoric ester groups is 1. The summed E-state index contributed by atoms with van der Waals surface area (Å²) < 4.78 is 43.2. The number of aliphatic hydroxyl groups excluding tert-OH is 1. The van der Waals surface area contributed by atoms with Crippen LogP contribution in [0.2, 0.25) is 0 Å². The van der Waals surface area contributed by atoms with E-state index < -0.39 is 61.9 Å². The number of nitrogens with zero attached hydrogens (tertiary/aromatic N) is 2. The molecule has 0 aliphatic carbocycles. The van der Waals surface area contributed by atoms with E-state index in [-0.39, 0.29) is 19.4 Å². The standard InChI is InChI=1S/C31H33FN3O10PS/c1-47-15-14-25(35(42-18-20-8-3-2-4-9-20)24-13-7-11-21-10-5-6-12-22(21)24)30(38)45-46(40,41)43-19-27-26(36)16-28(44-27)34-17-23(32)29(37)33-31(34)39/h2-13,17,25-28,36H,14-16,18-19H2,1H3,(H,40,41)(H,33,37,39)/t25-,26-,27+,28+/m0/s1. The third-order valence-electron chi connectivity index (χ3n) is 7.41. The van der Waals surface area contributed by atoms with Crippen LogP contribution in [-0.2, 0) is 34.6 Å². The summed E-state index contributed by atoms with van der Waals surface area (Å²) >= 11 is 1.46. The molecule has 5 rings (SSSR count). The molecular formula is C31H33FN3O10PS. The number of rotatable bonds is 14. The Labute approximate surface area is 272 Å². The van der Waals surface area contributed by atoms with Crippen LogP contribution in [-0.4, -0.2) is 62.4 Å². The Morgan fingerprint density at radius 1 is 1.15 bits per heavy atom. The Kier molecular flexibility index (Phi) is 11.3. The molecule has 3 N–H and O–H groups in total. The number of halogens is 1. The number of H-pyrrole nitrogens is 1. The third kappa shape index (κ3) is 8.56. The average molecular weight is 690 g/mol. The van der Waals surface area contributed by atoms with Crippen LogP contribution in [0.1, 0.15) is 24.6 Å². The van der Waals surface area contributed by atoms with Crippen LogP contribution in [0.25, 0.3) is 10.8 Å². The van der Waals surface area contributed by atoms with E-state index in [1.54, 1.807) is 11.1 Å². The van der Waals surface area contributed by atoms with Crippen molar-refractivity contribution in [1.29, 1.82) is 0 Å². The van der Waals surface area contributed by atoms with Crippen molar-refractivity contribution in [3.05, 3.63) is 111 Å². The first-order chi connectivity index (χ1) is 22.6. The summed E-state index contributed by atoms with van der Waals surface area (Å²) in [5, 5.41) is 13.5. The molecule has 3 aromatic carbocycles. The molecular weight excluding hydrogens is 656 g/mol. The molecule has 1 fully saturated rings. The van der Waals surface area contributed by atoms with Crippen LogP contribution < -0.4 is 16.3 Å². The minimum Gasteiger partial charge on any atom is -0.390 e. The molecule has 16 heteroatoms. The molecule has 0 saturated carbocycles. The number of fused-ring (bicyclic) bond motifs is 1. The number of aromatic nitrogens is 2. The molecule has 2 heterocycles. The number of hydrogen-bond donors (Lipinski definition) is 3. The van der Waals surface area contributed by atoms with Crippen molar-refractivity contribution in [3.8, 4) is 0 Å². The van der Waals surface area contributed by atoms with Gasteiger partial charge in [0, 0.05) is 11.8 Å². The van der Waals surface area contributed by atoms with E-state index in [1.165, 1.54) is 16.8 Å². The summed E-state index contributed by atoms with van der Waals surface area (Å²) in [5.74, 6) is -1.86. The number of phosphoric acid groups is 1. The van der Waals surface area contributed by atoms with Gasteiger partial charge >= 0.3 is 19.5 Å². The van der Waals surface area contributed by atoms with Crippen LogP contribution in [0.5, 0.6) is 0 Å². The number of benzene rings is 3. The number of hydroxylamine groups is 1. The highest BCUT2D eigenvalue weighted by Gasteiger charge is 2.40. The van der Waals surface area contributed by atoms with Crippen LogP contribution in [0, 0.1) is 5.82 Å². The molecule has 1 unspecified atom stereocenters. The predicted octanol–water partition coefficient (Wildman–Crippen LogP) is 3.90. The second-order valence-corrected chi connectivity index (χ2v) is 13.0. The maximum atomic E-state index is 13.8. The number of hydrogen-bond acceptors (Lipinski definition) is 11. The lowest BCUT2D eigenvalue weighted by atomic mass is 10.1. The molecule has 13 nitrogen and oxygen atoms in total. The number of anilines is 1. The number of aliphatic hydroxyl groups is 1. The highest BCUT2D eigenvalue weighted by molar-refractivity contribution is 7.98. The van der Waals surface area contributed by atoms with Gasteiger partial charge in [-0.15, -0.1) is 0 Å². The molecule has 5 atom stereocenters. The van der Waals surface area contributed by atoms with Crippen LogP contribution in [0.15, 0.2) is 88.6 Å². The lowest BCUT2D eigenvalue weighted by Gasteiger charge is -2.32. The summed E-state index contributed by atoms with van der Waals surface area (Å²) in [4.78, 5) is 55.7. The molecule has 1 aromatic heterocycles. The molecule has 4 aromatic rings. The SMILES string of the molecule is CSCC[C@@H](C(=O)OP(=O)(O)OC[C@H]1O[C@@H](n2cc(F)c(=O)[nH]c2=O)C[C@@H]1O)N(OCc1ccccc1)c1cccc2ccccc12. The highest BCUT2D eigenvalue weighted by atomic mass is 32.2. The van der Waals surface area contributed by atoms with Crippen molar-refractivity contribution in [1.82, 2.24) is 9.55 Å². The molecule has 250 valence electrons. The first kappa shape index (κ1) is 34.5. The summed E-state index contributed by atoms with van der Waals surface area (Å²) in [6.07, 6.45) is -1.32. The Bertz CT molecular complexity index is 1850. The number of ether oxygens (including phenoxy) is 1. The van der Waals surface area contributed by atoms with E-state index in [2.05, 4.69) is 0 Å². The summed E-state index contributed by atoms with van der Waals surface area (Å²) in [6.45, 7) is -0.632. The van der Waals surface area contributed by atoms with Crippen molar-refractivity contribution in [2.45, 2.75) is 43.9 Å². The third-order valence-corrected chi connectivity index (χ3v) is 8.94. The number of carbonyl (C=O) groups excluding carboxylic acids is 1. The van der Waals surface area contributed by atoms with Crippen molar-refractivity contribution in [3.63, 3.8) is 0 Å². The molecule has 0 radical (unpaired) electrons. The van der Waals surface area contributed by atoms with Gasteiger partial charge in [-0.25, -0.2) is 19.2 Å². The van der Waals surface area contributed by atoms with E-state index >= 15 is 0 Å². The van der Waals surface area contributed by atoms with Gasteiger partial charge in [0.1, 0.15) is 12.3 Å². The maximum absolute atomic E-state index is 13.8. The molecule has 0 amide bonds. The van der Waals surface area contributed by atoms with Crippen LogP contribution in [0.4, 0.5) is 10.1 Å². The Balaban J connectivity index is 1.33. The van der Waals surface area contributed by atoms with Gasteiger partial charge in [0.2, 0.25) is 5.82 Å². The fourth-order valence-corrected chi connectivity index (χ4v) is 6.28. The van der Waals surface area contributed by atoms with Crippen molar-refractivity contribution in [2.24, 2.45) is 0 Å². The zero-order valence-electron chi connectivity index (χ0n) is 25.1. The first-order valence-corrected chi connectivity index (χ1v) is 17.4. The normalized spacial score (nSPS) is 19.7. The Morgan fingerprint density at radius 3 is 2.64 bits per heavy atom. The van der Waals surface area contributed by atoms with Crippen LogP contribution in [0.3, 0.4) is 0 Å². The number of carbonyl (C=O) groups is 1. The molecule has 1 aliphatic rings. The average Bonchev–Trinajstić information content (AvgIpc) is 3.43. The topological polar surface area (TPSA) is 170 Å². The zero-order valence-corrected chi connectivity index (χ0v) is 26.8. The van der Waals surface area contributed by atoms with Crippen LogP contribution >= 0.6 is 19.6 Å². The van der Waals surface area contributed by atoms with Gasteiger partial charge < -0.3 is 14.4 Å². The van der Waals surface area contributed by atoms with Gasteiger partial charge in [-0.1, -0.05) is 66.7 Å². The smallest absolute Gasteiger partial charge is 0.390 e. The maximum Gasteiger partial charge on any atom is 0.529 e. The van der Waals surface area contributed by atoms with E-state index in [0.717, 1.165) is 20.9 Å². The summed E-state index contributed by atoms with van der Waals surface area (Å²) in [7, 11) is -5.09. The highest BCUT2D eigenvalue weighted by Crippen LogP contribution is 2.45. The lowest BCUT2D eigenvalue weighted by Crippen LogP contribution is -2.43. The van der Waals surface area contributed by atoms with Crippen molar-refractivity contribution >= 4 is 42.0 Å². The second-order valence-electron chi connectivity index (χ2n) is 10.6. The Morgan fingerprint density at radius 2 is 1.87 bits per heavy atom. The van der Waals surface area contributed by atoms with Gasteiger partial charge in [-0.2, -0.15) is 16.2 Å². The number of nitrogens with one attached hydrogen (secondary N) is 1. The van der Waals surface area contributed by atoms with E-state index in [0.29, 0.717) is 17.6 Å². The lowest BCUT2D eigenvalue weighted by molar-refractivity contribution is -0.140. The quantitative estimate of drug-likeness (QED) is 0.129. The Hall–Kier alpha value is -3.82. The minimum absolute atomic E-state index is 0.0841. The van der Waals surface area contributed by atoms with E-state index in [4.69, 9.17) is 18.6 Å². The zero-order chi connectivity index (χ0) is 33.6. The minimum atomic E-state index is -5.09. The molecule has 0 bridgehead atoms. The fourth-order valence-electron chi connectivity index (χ4n) is 5.09. The van der Waals surface area contributed by atoms with Gasteiger partial charge in [0.15, 0.2) is 6.04 Å². The van der Waals surface area contributed by atoms with Gasteiger partial charge in [0.25, 0.3) is 5.56 Å².